The molecule has 0 nitrogen and oxygen atoms in total. The Bertz CT molecular complexity index is 73.9. The fraction of sp³-hybridized carbons (Fsp3) is 0.333. The molecular weight excluding hydrogens is 143 g/mol. The van der Waals surface area contributed by atoms with Crippen LogP contribution in [0.3, 0.4) is 0 Å². The van der Waals surface area contributed by atoms with Gasteiger partial charge in [-0.25, -0.2) is 0 Å². The first-order valence-corrected chi connectivity index (χ1v) is 1.88. The van der Waals surface area contributed by atoms with Crippen molar-refractivity contribution in [3.63, 3.8) is 0 Å². The van der Waals surface area contributed by atoms with Crippen LogP contribution in [0.25, 0.3) is 0 Å². The van der Waals surface area contributed by atoms with Crippen LogP contribution in [0.1, 0.15) is 1.43 Å². The van der Waals surface area contributed by atoms with Gasteiger partial charge in [-0.3, -0.25) is 0 Å². The monoisotopic (exact) mass is 149 g/mol. The van der Waals surface area contributed by atoms with Crippen LogP contribution in [-0.4, -0.2) is 6.98 Å². The van der Waals surface area contributed by atoms with E-state index in [9.17, 15) is 12.9 Å². The average Bonchev–Trinajstić information content (AvgIpc) is 1.30. The molecule has 0 amide bonds. The minimum atomic E-state index is -4.61. The molecule has 0 radical (unpaired) electrons. The van der Waals surface area contributed by atoms with Crippen molar-refractivity contribution in [2.24, 2.45) is 0 Å². The third-order valence-electron chi connectivity index (χ3n) is 0.434. The summed E-state index contributed by atoms with van der Waals surface area (Å²) in [4.78, 5) is 0. The molecule has 0 N–H and O–H groups in total. The number of allylic oxidation sites excluding steroid dienone is 1. The smallest absolute Gasteiger partial charge is 1.00 e. The van der Waals surface area contributed by atoms with Crippen molar-refractivity contribution in [2.75, 3.05) is 0 Å². The van der Waals surface area contributed by atoms with Crippen molar-refractivity contribution in [3.8, 4) is 0 Å². The van der Waals surface area contributed by atoms with E-state index in [-0.39, 0.29) is 52.8 Å². The van der Waals surface area contributed by atoms with E-state index in [2.05, 4.69) is 6.58 Å². The SMILES string of the molecule is C=CC[B-](F)(F)F.[H-].[K+]. The Labute approximate surface area is 90.5 Å². The van der Waals surface area contributed by atoms with Crippen molar-refractivity contribution in [2.45, 2.75) is 6.32 Å². The number of rotatable bonds is 2. The zero-order chi connectivity index (χ0) is 5.91. The second kappa shape index (κ2) is 5.05. The van der Waals surface area contributed by atoms with Gasteiger partial charge < -0.3 is 14.4 Å². The predicted molar refractivity (Wildman–Crippen MR) is 25.2 cm³/mol. The summed E-state index contributed by atoms with van der Waals surface area (Å²) in [5.41, 5.74) is 0. The molecule has 44 valence electrons. The molecule has 0 saturated heterocycles. The molecule has 0 atom stereocenters. The molecule has 0 aromatic rings. The summed E-state index contributed by atoms with van der Waals surface area (Å²) in [6.07, 6.45) is 0.0278. The van der Waals surface area contributed by atoms with Gasteiger partial charge >= 0.3 is 58.4 Å². The Morgan fingerprint density at radius 3 is 1.88 bits per heavy atom. The summed E-state index contributed by atoms with van der Waals surface area (Å²) in [6, 6.07) is 0. The fourth-order valence-electron chi connectivity index (χ4n) is 0.189. The first kappa shape index (κ1) is 12.0. The van der Waals surface area contributed by atoms with Gasteiger partial charge in [-0.1, -0.05) is 6.32 Å². The summed E-state index contributed by atoms with van der Waals surface area (Å²) in [6.45, 7) is -1.67. The molecule has 0 bridgehead atoms. The molecule has 5 heteroatoms. The topological polar surface area (TPSA) is 0 Å². The maximum atomic E-state index is 11.0. The van der Waals surface area contributed by atoms with Crippen LogP contribution in [0.15, 0.2) is 12.7 Å². The van der Waals surface area contributed by atoms with Gasteiger partial charge in [0.1, 0.15) is 0 Å². The second-order valence-corrected chi connectivity index (χ2v) is 1.23. The van der Waals surface area contributed by atoms with E-state index >= 15 is 0 Å². The Hall–Kier alpha value is 1.23. The van der Waals surface area contributed by atoms with Gasteiger partial charge in [0, 0.05) is 0 Å². The van der Waals surface area contributed by atoms with Crippen molar-refractivity contribution in [1.29, 1.82) is 0 Å². The second-order valence-electron chi connectivity index (χ2n) is 1.23. The third-order valence-corrected chi connectivity index (χ3v) is 0.434. The summed E-state index contributed by atoms with van der Waals surface area (Å²) in [5.74, 6) is 0. The van der Waals surface area contributed by atoms with Crippen molar-refractivity contribution >= 4 is 6.98 Å². The molecule has 0 aromatic carbocycles. The van der Waals surface area contributed by atoms with E-state index in [0.717, 1.165) is 6.08 Å². The molecule has 0 fully saturated rings. The molecule has 0 saturated carbocycles. The average molecular weight is 149 g/mol. The molecular formula is C3H6BF3K-. The van der Waals surface area contributed by atoms with Crippen molar-refractivity contribution in [3.05, 3.63) is 12.7 Å². The van der Waals surface area contributed by atoms with Crippen molar-refractivity contribution in [1.82, 2.24) is 0 Å². The fourth-order valence-corrected chi connectivity index (χ4v) is 0.189. The van der Waals surface area contributed by atoms with Crippen LogP contribution >= 0.6 is 0 Å². The van der Waals surface area contributed by atoms with Gasteiger partial charge in [-0.15, -0.1) is 12.7 Å². The van der Waals surface area contributed by atoms with Gasteiger partial charge in [0.15, 0.2) is 0 Å². The molecule has 0 unspecified atom stereocenters. The van der Waals surface area contributed by atoms with Crippen LogP contribution in [0.4, 0.5) is 12.9 Å². The first-order valence-electron chi connectivity index (χ1n) is 1.88. The summed E-state index contributed by atoms with van der Waals surface area (Å²) >= 11 is 0. The summed E-state index contributed by atoms with van der Waals surface area (Å²) < 4.78 is 33.1. The molecule has 0 aliphatic carbocycles. The Balaban J connectivity index is -0.000000180. The molecule has 0 aliphatic rings. The van der Waals surface area contributed by atoms with Gasteiger partial charge in [0.25, 0.3) is 0 Å². The Kier molecular flexibility index (Phi) is 7.55. The van der Waals surface area contributed by atoms with Crippen LogP contribution in [0.5, 0.6) is 0 Å². The summed E-state index contributed by atoms with van der Waals surface area (Å²) in [7, 11) is 0. The standard InChI is InChI=1S/C3H5BF3.K.H/c1-2-3-4(5,6)7;;/h2H,1,3H2;;/q-1;+1;-1. The maximum absolute atomic E-state index is 11.0. The number of halogens is 3. The van der Waals surface area contributed by atoms with E-state index in [4.69, 9.17) is 0 Å². The maximum Gasteiger partial charge on any atom is 1.00 e. The van der Waals surface area contributed by atoms with E-state index in [0.29, 0.717) is 0 Å². The molecule has 0 aromatic heterocycles. The van der Waals surface area contributed by atoms with Gasteiger partial charge in [0.05, 0.1) is 0 Å². The quantitative estimate of drug-likeness (QED) is 0.354. The van der Waals surface area contributed by atoms with E-state index in [1.165, 1.54) is 0 Å². The van der Waals surface area contributed by atoms with Crippen LogP contribution in [0.2, 0.25) is 6.32 Å². The number of hydrogen-bond acceptors (Lipinski definition) is 0. The van der Waals surface area contributed by atoms with E-state index < -0.39 is 13.3 Å². The zero-order valence-corrected chi connectivity index (χ0v) is 7.83. The predicted octanol–water partition coefficient (Wildman–Crippen LogP) is -0.864. The summed E-state index contributed by atoms with van der Waals surface area (Å²) in [5, 5.41) is 0. The molecule has 0 aliphatic heterocycles. The molecule has 0 spiro atoms. The van der Waals surface area contributed by atoms with Gasteiger partial charge in [0.2, 0.25) is 0 Å². The van der Waals surface area contributed by atoms with Crippen LogP contribution < -0.4 is 51.4 Å². The van der Waals surface area contributed by atoms with Crippen molar-refractivity contribution < 1.29 is 65.8 Å². The minimum absolute atomic E-state index is 0. The van der Waals surface area contributed by atoms with E-state index in [1.54, 1.807) is 0 Å². The first-order chi connectivity index (χ1) is 3.06. The normalized spacial score (nSPS) is 9.88. The van der Waals surface area contributed by atoms with E-state index in [1.807, 2.05) is 0 Å². The molecule has 0 rings (SSSR count). The minimum Gasteiger partial charge on any atom is -1.00 e. The third kappa shape index (κ3) is 10.3. The largest absolute Gasteiger partial charge is 1.00 e. The molecule has 0 heterocycles. The Morgan fingerprint density at radius 2 is 1.88 bits per heavy atom. The van der Waals surface area contributed by atoms with Crippen LogP contribution in [0, 0.1) is 0 Å². The van der Waals surface area contributed by atoms with Crippen LogP contribution in [-0.2, 0) is 0 Å². The zero-order valence-electron chi connectivity index (χ0n) is 5.70. The van der Waals surface area contributed by atoms with Gasteiger partial charge in [-0.2, -0.15) is 0 Å². The van der Waals surface area contributed by atoms with Gasteiger partial charge in [-0.05, 0) is 0 Å². The molecule has 8 heavy (non-hydrogen) atoms. The Morgan fingerprint density at radius 1 is 1.50 bits per heavy atom. The number of hydrogen-bond donors (Lipinski definition) is 0.